The zero-order valence-electron chi connectivity index (χ0n) is 11.8. The van der Waals surface area contributed by atoms with Crippen molar-refractivity contribution in [3.8, 4) is 11.8 Å². The van der Waals surface area contributed by atoms with Gasteiger partial charge in [-0.15, -0.1) is 0 Å². The molecular weight excluding hydrogens is 328 g/mol. The second-order valence-corrected chi connectivity index (χ2v) is 5.67. The average Bonchev–Trinajstić information content (AvgIpc) is 2.51. The van der Waals surface area contributed by atoms with Crippen LogP contribution in [-0.4, -0.2) is 6.61 Å². The van der Waals surface area contributed by atoms with Gasteiger partial charge in [-0.1, -0.05) is 40.2 Å². The normalized spacial score (nSPS) is 11.7. The highest BCUT2D eigenvalue weighted by Gasteiger charge is 2.05. The number of rotatable bonds is 6. The molecule has 1 atom stereocenters. The molecule has 0 aliphatic rings. The van der Waals surface area contributed by atoms with Gasteiger partial charge in [0.15, 0.2) is 6.61 Å². The fourth-order valence-corrected chi connectivity index (χ4v) is 2.44. The Kier molecular flexibility index (Phi) is 5.79. The molecule has 0 bridgehead atoms. The minimum Gasteiger partial charge on any atom is -0.479 e. The predicted molar refractivity (Wildman–Crippen MR) is 86.9 cm³/mol. The summed E-state index contributed by atoms with van der Waals surface area (Å²) in [7, 11) is 0. The van der Waals surface area contributed by atoms with E-state index in [4.69, 9.17) is 10.00 Å². The molecule has 0 radical (unpaired) electrons. The van der Waals surface area contributed by atoms with Gasteiger partial charge in [0, 0.05) is 17.1 Å². The van der Waals surface area contributed by atoms with Crippen molar-refractivity contribution in [1.29, 1.82) is 5.26 Å². The van der Waals surface area contributed by atoms with Gasteiger partial charge >= 0.3 is 0 Å². The largest absolute Gasteiger partial charge is 0.479 e. The van der Waals surface area contributed by atoms with Gasteiger partial charge in [-0.3, -0.25) is 0 Å². The lowest BCUT2D eigenvalue weighted by Gasteiger charge is -2.15. The van der Waals surface area contributed by atoms with Crippen LogP contribution in [0.15, 0.2) is 53.0 Å². The van der Waals surface area contributed by atoms with Gasteiger partial charge < -0.3 is 10.1 Å². The first-order chi connectivity index (χ1) is 10.2. The Morgan fingerprint density at radius 3 is 2.81 bits per heavy atom. The van der Waals surface area contributed by atoms with Crippen molar-refractivity contribution in [2.45, 2.75) is 19.5 Å². The molecule has 21 heavy (non-hydrogen) atoms. The van der Waals surface area contributed by atoms with Crippen LogP contribution in [0.1, 0.15) is 24.1 Å². The molecule has 0 spiro atoms. The second kappa shape index (κ2) is 7.82. The van der Waals surface area contributed by atoms with E-state index in [1.807, 2.05) is 42.5 Å². The lowest BCUT2D eigenvalue weighted by molar-refractivity contribution is 0.367. The van der Waals surface area contributed by atoms with E-state index in [1.54, 1.807) is 0 Å². The van der Waals surface area contributed by atoms with Gasteiger partial charge in [0.25, 0.3) is 0 Å². The molecule has 1 N–H and O–H groups in total. The summed E-state index contributed by atoms with van der Waals surface area (Å²) in [5, 5.41) is 12.0. The number of hydrogen-bond acceptors (Lipinski definition) is 3. The quantitative estimate of drug-likeness (QED) is 0.853. The highest BCUT2D eigenvalue weighted by molar-refractivity contribution is 9.10. The summed E-state index contributed by atoms with van der Waals surface area (Å²) >= 11 is 3.49. The molecule has 0 unspecified atom stereocenters. The van der Waals surface area contributed by atoms with Crippen LogP contribution in [0.25, 0.3) is 0 Å². The fraction of sp³-hybridized carbons (Fsp3) is 0.235. The van der Waals surface area contributed by atoms with E-state index in [9.17, 15) is 0 Å². The third-order valence-corrected chi connectivity index (χ3v) is 3.66. The summed E-state index contributed by atoms with van der Waals surface area (Å²) in [6, 6.07) is 18.3. The van der Waals surface area contributed by atoms with E-state index in [1.165, 1.54) is 5.56 Å². The van der Waals surface area contributed by atoms with Crippen molar-refractivity contribution in [1.82, 2.24) is 5.32 Å². The molecular formula is C17H17BrN2O. The Hall–Kier alpha value is -1.83. The van der Waals surface area contributed by atoms with E-state index in [0.717, 1.165) is 22.3 Å². The highest BCUT2D eigenvalue weighted by atomic mass is 79.9. The van der Waals surface area contributed by atoms with Crippen molar-refractivity contribution >= 4 is 15.9 Å². The smallest absolute Gasteiger partial charge is 0.174 e. The molecule has 0 fully saturated rings. The molecule has 2 rings (SSSR count). The molecule has 0 aliphatic carbocycles. The molecule has 2 aromatic carbocycles. The minimum atomic E-state index is 0.0747. The fourth-order valence-electron chi connectivity index (χ4n) is 2.03. The number of benzene rings is 2. The molecule has 0 amide bonds. The van der Waals surface area contributed by atoms with Gasteiger partial charge in [-0.25, -0.2) is 0 Å². The molecule has 0 saturated carbocycles. The van der Waals surface area contributed by atoms with E-state index in [0.29, 0.717) is 0 Å². The maximum absolute atomic E-state index is 8.53. The number of nitriles is 1. The average molecular weight is 345 g/mol. The summed E-state index contributed by atoms with van der Waals surface area (Å²) in [5.74, 6) is 0.728. The minimum absolute atomic E-state index is 0.0747. The van der Waals surface area contributed by atoms with Gasteiger partial charge in [0.05, 0.1) is 0 Å². The van der Waals surface area contributed by atoms with Gasteiger partial charge in [0.2, 0.25) is 0 Å². The summed E-state index contributed by atoms with van der Waals surface area (Å²) in [4.78, 5) is 0. The van der Waals surface area contributed by atoms with E-state index >= 15 is 0 Å². The maximum atomic E-state index is 8.53. The maximum Gasteiger partial charge on any atom is 0.174 e. The van der Waals surface area contributed by atoms with Crippen molar-refractivity contribution in [3.63, 3.8) is 0 Å². The first kappa shape index (κ1) is 15.6. The zero-order chi connectivity index (χ0) is 15.1. The third kappa shape index (κ3) is 4.89. The van der Waals surface area contributed by atoms with Crippen LogP contribution >= 0.6 is 15.9 Å². The Morgan fingerprint density at radius 1 is 1.24 bits per heavy atom. The summed E-state index contributed by atoms with van der Waals surface area (Å²) in [5.41, 5.74) is 2.37. The van der Waals surface area contributed by atoms with Crippen molar-refractivity contribution in [2.75, 3.05) is 6.61 Å². The van der Waals surface area contributed by atoms with Crippen molar-refractivity contribution in [2.24, 2.45) is 0 Å². The molecule has 2 aromatic rings. The molecule has 108 valence electrons. The summed E-state index contributed by atoms with van der Waals surface area (Å²) in [6.07, 6.45) is 0. The Bertz CT molecular complexity index is 637. The van der Waals surface area contributed by atoms with Crippen molar-refractivity contribution < 1.29 is 4.74 Å². The molecule has 0 aliphatic heterocycles. The summed E-state index contributed by atoms with van der Waals surface area (Å²) in [6.45, 7) is 2.96. The number of ether oxygens (including phenoxy) is 1. The summed E-state index contributed by atoms with van der Waals surface area (Å²) < 4.78 is 6.39. The molecule has 3 nitrogen and oxygen atoms in total. The topological polar surface area (TPSA) is 45.0 Å². The molecule has 0 saturated heterocycles. The molecule has 0 heterocycles. The van der Waals surface area contributed by atoms with Gasteiger partial charge in [0.1, 0.15) is 11.8 Å². The predicted octanol–water partition coefficient (Wildman–Crippen LogP) is 4.20. The first-order valence-corrected chi connectivity index (χ1v) is 7.56. The second-order valence-electron chi connectivity index (χ2n) is 4.75. The van der Waals surface area contributed by atoms with Crippen molar-refractivity contribution in [3.05, 3.63) is 64.1 Å². The molecule has 0 aromatic heterocycles. The Morgan fingerprint density at radius 2 is 2.05 bits per heavy atom. The van der Waals surface area contributed by atoms with E-state index in [2.05, 4.69) is 40.3 Å². The van der Waals surface area contributed by atoms with Gasteiger partial charge in [-0.2, -0.15) is 5.26 Å². The van der Waals surface area contributed by atoms with Crippen LogP contribution < -0.4 is 10.1 Å². The lowest BCUT2D eigenvalue weighted by atomic mass is 10.1. The number of nitrogens with zero attached hydrogens (tertiary/aromatic N) is 1. The van der Waals surface area contributed by atoms with Gasteiger partial charge in [-0.05, 0) is 42.3 Å². The number of halogens is 1. The van der Waals surface area contributed by atoms with Crippen LogP contribution in [0.5, 0.6) is 5.75 Å². The Balaban J connectivity index is 1.95. The SMILES string of the molecule is C[C@@H](NCc1cccc(OCC#N)c1)c1cccc(Br)c1. The zero-order valence-corrected chi connectivity index (χ0v) is 13.4. The van der Waals surface area contributed by atoms with Crippen LogP contribution in [0.3, 0.4) is 0 Å². The van der Waals surface area contributed by atoms with Crippen LogP contribution in [0.4, 0.5) is 0 Å². The first-order valence-electron chi connectivity index (χ1n) is 6.76. The number of hydrogen-bond donors (Lipinski definition) is 1. The highest BCUT2D eigenvalue weighted by Crippen LogP contribution is 2.19. The number of nitrogens with one attached hydrogen (secondary N) is 1. The van der Waals surface area contributed by atoms with E-state index < -0.39 is 0 Å². The third-order valence-electron chi connectivity index (χ3n) is 3.16. The van der Waals surface area contributed by atoms with Crippen LogP contribution in [0, 0.1) is 11.3 Å². The lowest BCUT2D eigenvalue weighted by Crippen LogP contribution is -2.18. The van der Waals surface area contributed by atoms with Crippen LogP contribution in [0.2, 0.25) is 0 Å². The monoisotopic (exact) mass is 344 g/mol. The standard InChI is InChI=1S/C17H17BrN2O/c1-13(15-5-3-6-16(18)11-15)20-12-14-4-2-7-17(10-14)21-9-8-19/h2-7,10-11,13,20H,9,12H2,1H3/t13-/m1/s1. The Labute approximate surface area is 133 Å². The van der Waals surface area contributed by atoms with Crippen LogP contribution in [-0.2, 0) is 6.54 Å². The van der Waals surface area contributed by atoms with E-state index in [-0.39, 0.29) is 12.6 Å². The molecule has 4 heteroatoms.